The van der Waals surface area contributed by atoms with Crippen molar-refractivity contribution in [2.24, 2.45) is 11.7 Å². The number of hydrogen-bond donors (Lipinski definition) is 1. The third kappa shape index (κ3) is 3.89. The molecule has 2 aromatic rings. The smallest absolute Gasteiger partial charge is 0.222 e. The Morgan fingerprint density at radius 1 is 1.04 bits per heavy atom. The van der Waals surface area contributed by atoms with Gasteiger partial charge in [0.05, 0.1) is 5.60 Å². The number of nitrogens with two attached hydrogens (primary N) is 1. The summed E-state index contributed by atoms with van der Waals surface area (Å²) >= 11 is 0. The van der Waals surface area contributed by atoms with Crippen molar-refractivity contribution in [1.82, 2.24) is 0 Å². The summed E-state index contributed by atoms with van der Waals surface area (Å²) in [5.41, 5.74) is 6.84. The molecule has 1 aliphatic rings. The lowest BCUT2D eigenvalue weighted by atomic mass is 9.78. The molecule has 3 heteroatoms. The topological polar surface area (TPSA) is 35.2 Å². The zero-order chi connectivity index (χ0) is 17.8. The van der Waals surface area contributed by atoms with Crippen LogP contribution in [0, 0.1) is 5.92 Å². The van der Waals surface area contributed by atoms with Crippen LogP contribution in [0.2, 0.25) is 12.6 Å². The van der Waals surface area contributed by atoms with E-state index in [-0.39, 0.29) is 5.60 Å². The lowest BCUT2D eigenvalue weighted by molar-refractivity contribution is -0.0103. The molecule has 0 amide bonds. The second-order valence-electron chi connectivity index (χ2n) is 7.69. The number of benzene rings is 2. The van der Waals surface area contributed by atoms with Crippen LogP contribution in [0.1, 0.15) is 38.2 Å². The second kappa shape index (κ2) is 7.86. The van der Waals surface area contributed by atoms with Crippen LogP contribution in [0.4, 0.5) is 0 Å². The van der Waals surface area contributed by atoms with E-state index >= 15 is 0 Å². The van der Waals surface area contributed by atoms with Gasteiger partial charge < -0.3 is 10.2 Å². The second-order valence-corrected chi connectivity index (χ2v) is 11.4. The van der Waals surface area contributed by atoms with Crippen molar-refractivity contribution in [3.05, 3.63) is 66.2 Å². The highest BCUT2D eigenvalue weighted by Gasteiger charge is 2.49. The third-order valence-electron chi connectivity index (χ3n) is 5.92. The summed E-state index contributed by atoms with van der Waals surface area (Å²) in [6, 6.07) is 22.9. The molecule has 0 bridgehead atoms. The Morgan fingerprint density at radius 2 is 1.68 bits per heavy atom. The van der Waals surface area contributed by atoms with Crippen LogP contribution < -0.4 is 10.9 Å². The fourth-order valence-corrected chi connectivity index (χ4v) is 7.87. The maximum absolute atomic E-state index is 7.08. The van der Waals surface area contributed by atoms with Crippen LogP contribution in [-0.2, 0) is 10.0 Å². The van der Waals surface area contributed by atoms with E-state index in [1.54, 1.807) is 0 Å². The predicted molar refractivity (Wildman–Crippen MR) is 108 cm³/mol. The minimum absolute atomic E-state index is 0.203. The van der Waals surface area contributed by atoms with Gasteiger partial charge in [-0.25, -0.2) is 0 Å². The average molecular weight is 354 g/mol. The van der Waals surface area contributed by atoms with Crippen LogP contribution >= 0.6 is 0 Å². The van der Waals surface area contributed by atoms with E-state index in [1.165, 1.54) is 36.1 Å². The lowest BCUT2D eigenvalue weighted by Gasteiger charge is -2.50. The Labute approximate surface area is 153 Å². The van der Waals surface area contributed by atoms with Gasteiger partial charge in [-0.1, -0.05) is 67.1 Å². The SMILES string of the molecule is CC1(c2ccccc2)O[Si](C)(c2ccccc2)CCC1CCCCN. The van der Waals surface area contributed by atoms with Crippen molar-refractivity contribution in [2.75, 3.05) is 6.54 Å². The fourth-order valence-electron chi connectivity index (χ4n) is 4.34. The van der Waals surface area contributed by atoms with Crippen molar-refractivity contribution in [3.8, 4) is 0 Å². The molecule has 1 saturated heterocycles. The van der Waals surface area contributed by atoms with Crippen LogP contribution in [0.15, 0.2) is 60.7 Å². The molecular weight excluding hydrogens is 322 g/mol. The molecule has 1 heterocycles. The highest BCUT2D eigenvalue weighted by atomic mass is 28.4. The van der Waals surface area contributed by atoms with Crippen LogP contribution in [0.5, 0.6) is 0 Å². The van der Waals surface area contributed by atoms with Gasteiger partial charge in [0.1, 0.15) is 0 Å². The summed E-state index contributed by atoms with van der Waals surface area (Å²) in [5, 5.41) is 1.41. The molecule has 0 saturated carbocycles. The standard InChI is InChI=1S/C22H31NOSi/c1-22(19-11-5-3-6-12-19)20(13-9-10-17-23)16-18-25(2,24-22)21-14-7-4-8-15-21/h3-8,11-12,14-15,20H,9-10,13,16-18,23H2,1-2H3. The molecule has 1 fully saturated rings. The van der Waals surface area contributed by atoms with Crippen molar-refractivity contribution < 1.29 is 4.43 Å². The predicted octanol–water partition coefficient (Wildman–Crippen LogP) is 4.55. The Balaban J connectivity index is 1.92. The monoisotopic (exact) mass is 353 g/mol. The summed E-state index contributed by atoms with van der Waals surface area (Å²) in [6.07, 6.45) is 4.74. The Hall–Kier alpha value is -1.42. The molecule has 2 nitrogen and oxygen atoms in total. The van der Waals surface area contributed by atoms with E-state index in [0.717, 1.165) is 13.0 Å². The minimum Gasteiger partial charge on any atom is -0.403 e. The summed E-state index contributed by atoms with van der Waals surface area (Å²) in [4.78, 5) is 0. The lowest BCUT2D eigenvalue weighted by Crippen LogP contribution is -2.58. The molecule has 0 spiro atoms. The summed E-state index contributed by atoms with van der Waals surface area (Å²) in [6.45, 7) is 5.49. The average Bonchev–Trinajstić information content (AvgIpc) is 2.65. The largest absolute Gasteiger partial charge is 0.403 e. The first-order chi connectivity index (χ1) is 12.1. The van der Waals surface area contributed by atoms with E-state index in [1.807, 2.05) is 0 Å². The van der Waals surface area contributed by atoms with Gasteiger partial charge in [-0.15, -0.1) is 0 Å². The van der Waals surface area contributed by atoms with E-state index < -0.39 is 8.32 Å². The molecule has 25 heavy (non-hydrogen) atoms. The quantitative estimate of drug-likeness (QED) is 0.611. The van der Waals surface area contributed by atoms with E-state index in [4.69, 9.17) is 10.2 Å². The first-order valence-electron chi connectivity index (χ1n) is 9.60. The maximum Gasteiger partial charge on any atom is 0.222 e. The molecule has 1 aliphatic heterocycles. The minimum atomic E-state index is -1.94. The zero-order valence-electron chi connectivity index (χ0n) is 15.6. The van der Waals surface area contributed by atoms with Crippen molar-refractivity contribution in [2.45, 2.75) is 50.8 Å². The van der Waals surface area contributed by atoms with Gasteiger partial charge >= 0.3 is 0 Å². The fraction of sp³-hybridized carbons (Fsp3) is 0.455. The van der Waals surface area contributed by atoms with Crippen LogP contribution in [0.25, 0.3) is 0 Å². The Kier molecular flexibility index (Phi) is 5.77. The van der Waals surface area contributed by atoms with E-state index in [0.29, 0.717) is 5.92 Å². The first kappa shape index (κ1) is 18.4. The number of hydrogen-bond acceptors (Lipinski definition) is 2. The maximum atomic E-state index is 7.08. The molecule has 3 rings (SSSR count). The van der Waals surface area contributed by atoms with Gasteiger partial charge in [0, 0.05) is 0 Å². The molecule has 3 atom stereocenters. The molecule has 3 unspecified atom stereocenters. The van der Waals surface area contributed by atoms with E-state index in [2.05, 4.69) is 74.1 Å². The van der Waals surface area contributed by atoms with Crippen LogP contribution in [-0.4, -0.2) is 14.9 Å². The molecule has 134 valence electrons. The van der Waals surface area contributed by atoms with E-state index in [9.17, 15) is 0 Å². The molecule has 2 aromatic carbocycles. The highest BCUT2D eigenvalue weighted by Crippen LogP contribution is 2.46. The number of rotatable bonds is 6. The zero-order valence-corrected chi connectivity index (χ0v) is 16.6. The van der Waals surface area contributed by atoms with Gasteiger partial charge in [-0.3, -0.25) is 0 Å². The van der Waals surface area contributed by atoms with Crippen molar-refractivity contribution >= 4 is 13.5 Å². The van der Waals surface area contributed by atoms with Crippen LogP contribution in [0.3, 0.4) is 0 Å². The Bertz CT molecular complexity index is 662. The highest BCUT2D eigenvalue weighted by molar-refractivity contribution is 6.85. The molecule has 0 radical (unpaired) electrons. The molecule has 2 N–H and O–H groups in total. The molecule has 0 aliphatic carbocycles. The van der Waals surface area contributed by atoms with Gasteiger partial charge in [0.15, 0.2) is 0 Å². The van der Waals surface area contributed by atoms with Crippen molar-refractivity contribution in [1.29, 1.82) is 0 Å². The van der Waals surface area contributed by atoms with Gasteiger partial charge in [0.2, 0.25) is 8.32 Å². The number of unbranched alkanes of at least 4 members (excludes halogenated alkanes) is 1. The summed E-state index contributed by atoms with van der Waals surface area (Å²) < 4.78 is 7.08. The van der Waals surface area contributed by atoms with Gasteiger partial charge in [-0.05, 0) is 62.0 Å². The molecular formula is C22H31NOSi. The summed E-state index contributed by atoms with van der Waals surface area (Å²) in [5.74, 6) is 0.561. The molecule has 0 aromatic heterocycles. The third-order valence-corrected chi connectivity index (χ3v) is 9.60. The normalized spacial score (nSPS) is 29.5. The summed E-state index contributed by atoms with van der Waals surface area (Å²) in [7, 11) is -1.94. The first-order valence-corrected chi connectivity index (χ1v) is 12.2. The Morgan fingerprint density at radius 3 is 2.32 bits per heavy atom. The van der Waals surface area contributed by atoms with Crippen molar-refractivity contribution in [3.63, 3.8) is 0 Å². The van der Waals surface area contributed by atoms with Gasteiger partial charge in [0.25, 0.3) is 0 Å². The van der Waals surface area contributed by atoms with Gasteiger partial charge in [-0.2, -0.15) is 0 Å².